The van der Waals surface area contributed by atoms with E-state index < -0.39 is 9.95 Å². The number of carbonyl (C=O) groups excluding carboxylic acids is 2. The van der Waals surface area contributed by atoms with Crippen LogP contribution in [-0.2, 0) is 14.3 Å². The van der Waals surface area contributed by atoms with Crippen LogP contribution in [0.1, 0.15) is 0 Å². The third kappa shape index (κ3) is 6.45. The van der Waals surface area contributed by atoms with Crippen molar-refractivity contribution >= 4 is 58.6 Å². The Morgan fingerprint density at radius 3 is 2.65 bits per heavy atom. The van der Waals surface area contributed by atoms with E-state index in [1.54, 1.807) is 0 Å². The molecule has 0 aliphatic carbocycles. The van der Waals surface area contributed by atoms with E-state index >= 15 is 0 Å². The van der Waals surface area contributed by atoms with Gasteiger partial charge in [-0.2, -0.15) is 0 Å². The molecule has 0 radical (unpaired) electrons. The van der Waals surface area contributed by atoms with E-state index in [1.165, 1.54) is 11.8 Å². The van der Waals surface area contributed by atoms with Crippen LogP contribution in [0.2, 0.25) is 0 Å². The summed E-state index contributed by atoms with van der Waals surface area (Å²) in [5, 5.41) is 2.56. The van der Waals surface area contributed by atoms with Gasteiger partial charge in [0.1, 0.15) is 18.5 Å². The van der Waals surface area contributed by atoms with E-state index in [9.17, 15) is 9.59 Å². The second-order valence-corrected chi connectivity index (χ2v) is 6.93. The predicted octanol–water partition coefficient (Wildman–Crippen LogP) is 1.74. The van der Waals surface area contributed by atoms with E-state index in [0.29, 0.717) is 12.3 Å². The Morgan fingerprint density at radius 2 is 2.18 bits per heavy atom. The Hall–Kier alpha value is -0.0400. The van der Waals surface area contributed by atoms with Crippen LogP contribution in [0.5, 0.6) is 0 Å². The van der Waals surface area contributed by atoms with Crippen molar-refractivity contribution in [2.24, 2.45) is 0 Å². The molecule has 5 nitrogen and oxygen atoms in total. The van der Waals surface area contributed by atoms with Gasteiger partial charge >= 0.3 is 6.16 Å². The SMILES string of the molecule is O=C(OCCSC1CNC1=O)OCC(Cl)(Cl)Cl. The van der Waals surface area contributed by atoms with Crippen LogP contribution >= 0.6 is 46.6 Å². The molecule has 1 fully saturated rings. The minimum absolute atomic E-state index is 0.00813. The normalized spacial score (nSPS) is 19.2. The molecule has 17 heavy (non-hydrogen) atoms. The number of thioether (sulfide) groups is 1. The molecule has 1 aliphatic rings. The largest absolute Gasteiger partial charge is 0.508 e. The van der Waals surface area contributed by atoms with Gasteiger partial charge in [-0.3, -0.25) is 4.79 Å². The fourth-order valence-corrected chi connectivity index (χ4v) is 1.96. The first-order chi connectivity index (χ1) is 7.88. The zero-order valence-electron chi connectivity index (χ0n) is 8.58. The topological polar surface area (TPSA) is 64.6 Å². The van der Waals surface area contributed by atoms with Gasteiger partial charge in [-0.15, -0.1) is 11.8 Å². The molecule has 9 heteroatoms. The lowest BCUT2D eigenvalue weighted by molar-refractivity contribution is -0.124. The minimum atomic E-state index is -1.64. The highest BCUT2D eigenvalue weighted by Gasteiger charge is 2.27. The highest BCUT2D eigenvalue weighted by Crippen LogP contribution is 2.26. The van der Waals surface area contributed by atoms with Crippen LogP contribution in [0.3, 0.4) is 0 Å². The van der Waals surface area contributed by atoms with Gasteiger partial charge in [-0.05, 0) is 0 Å². The Morgan fingerprint density at radius 1 is 1.47 bits per heavy atom. The number of amides is 1. The monoisotopic (exact) mass is 321 g/mol. The number of rotatable bonds is 5. The molecule has 1 rings (SSSR count). The van der Waals surface area contributed by atoms with Crippen molar-refractivity contribution in [2.75, 3.05) is 25.5 Å². The first kappa shape index (κ1) is 15.0. The fourth-order valence-electron chi connectivity index (χ4n) is 0.901. The summed E-state index contributed by atoms with van der Waals surface area (Å²) in [5.74, 6) is 0.523. The number of hydrogen-bond acceptors (Lipinski definition) is 5. The average molecular weight is 323 g/mol. The van der Waals surface area contributed by atoms with Gasteiger partial charge in [0.15, 0.2) is 0 Å². The number of ether oxygens (including phenoxy) is 2. The Bertz CT molecular complexity index is 297. The smallest absolute Gasteiger partial charge is 0.433 e. The molecular formula is C8H10Cl3NO4S. The lowest BCUT2D eigenvalue weighted by atomic mass is 10.3. The van der Waals surface area contributed by atoms with E-state index in [-0.39, 0.29) is 24.4 Å². The highest BCUT2D eigenvalue weighted by atomic mass is 35.6. The molecule has 0 bridgehead atoms. The van der Waals surface area contributed by atoms with E-state index in [4.69, 9.17) is 39.5 Å². The Kier molecular flexibility index (Phi) is 5.99. The standard InChI is InChI=1S/C8H10Cl3NO4S/c9-8(10,11)4-16-7(14)15-1-2-17-5-3-12-6(5)13/h5H,1-4H2,(H,12,13). The summed E-state index contributed by atoms with van der Waals surface area (Å²) in [4.78, 5) is 21.8. The molecule has 1 aliphatic heterocycles. The van der Waals surface area contributed by atoms with Crippen LogP contribution in [0.15, 0.2) is 0 Å². The summed E-state index contributed by atoms with van der Waals surface area (Å²) in [6.07, 6.45) is -0.894. The predicted molar refractivity (Wildman–Crippen MR) is 66.8 cm³/mol. The van der Waals surface area contributed by atoms with Crippen molar-refractivity contribution in [2.45, 2.75) is 9.04 Å². The summed E-state index contributed by atoms with van der Waals surface area (Å²) in [7, 11) is 0. The van der Waals surface area contributed by atoms with E-state index in [1.807, 2.05) is 0 Å². The fraction of sp³-hybridized carbons (Fsp3) is 0.750. The van der Waals surface area contributed by atoms with Crippen LogP contribution in [0.4, 0.5) is 4.79 Å². The maximum absolute atomic E-state index is 11.0. The molecule has 0 aromatic carbocycles. The first-order valence-electron chi connectivity index (χ1n) is 4.64. The third-order valence-corrected chi connectivity index (χ3v) is 3.24. The number of carbonyl (C=O) groups is 2. The summed E-state index contributed by atoms with van der Waals surface area (Å²) >= 11 is 17.5. The summed E-state index contributed by atoms with van der Waals surface area (Å²) in [6, 6.07) is 0. The molecule has 1 saturated heterocycles. The van der Waals surface area contributed by atoms with Crippen molar-refractivity contribution < 1.29 is 19.1 Å². The van der Waals surface area contributed by atoms with Crippen molar-refractivity contribution in [1.82, 2.24) is 5.32 Å². The number of halogens is 3. The van der Waals surface area contributed by atoms with E-state index in [2.05, 4.69) is 10.1 Å². The van der Waals surface area contributed by atoms with Gasteiger partial charge in [0.2, 0.25) is 9.70 Å². The van der Waals surface area contributed by atoms with Gasteiger partial charge in [0.05, 0.1) is 0 Å². The van der Waals surface area contributed by atoms with Crippen LogP contribution < -0.4 is 5.32 Å². The quantitative estimate of drug-likeness (QED) is 0.361. The zero-order valence-corrected chi connectivity index (χ0v) is 11.7. The highest BCUT2D eigenvalue weighted by molar-refractivity contribution is 8.00. The molecule has 98 valence electrons. The third-order valence-electron chi connectivity index (χ3n) is 1.73. The second kappa shape index (κ2) is 6.78. The molecule has 0 aromatic heterocycles. The number of alkyl halides is 3. The maximum atomic E-state index is 11.0. The van der Waals surface area contributed by atoms with Gasteiger partial charge in [0.25, 0.3) is 0 Å². The molecular weight excluding hydrogens is 313 g/mol. The van der Waals surface area contributed by atoms with Crippen LogP contribution in [0, 0.1) is 0 Å². The van der Waals surface area contributed by atoms with Crippen molar-refractivity contribution in [3.05, 3.63) is 0 Å². The molecule has 1 unspecified atom stereocenters. The van der Waals surface area contributed by atoms with Crippen LogP contribution in [0.25, 0.3) is 0 Å². The van der Waals surface area contributed by atoms with Crippen molar-refractivity contribution in [1.29, 1.82) is 0 Å². The maximum Gasteiger partial charge on any atom is 0.508 e. The van der Waals surface area contributed by atoms with Gasteiger partial charge in [-0.1, -0.05) is 34.8 Å². The van der Waals surface area contributed by atoms with Crippen molar-refractivity contribution in [3.8, 4) is 0 Å². The zero-order chi connectivity index (χ0) is 12.9. The number of nitrogens with one attached hydrogen (secondary N) is 1. The molecule has 1 heterocycles. The average Bonchev–Trinajstić information content (AvgIpc) is 2.23. The summed E-state index contributed by atoms with van der Waals surface area (Å²) in [6.45, 7) is 0.434. The second-order valence-electron chi connectivity index (χ2n) is 3.11. The Labute approximate surface area is 117 Å². The summed E-state index contributed by atoms with van der Waals surface area (Å²) < 4.78 is 7.59. The molecule has 0 spiro atoms. The van der Waals surface area contributed by atoms with E-state index in [0.717, 1.165) is 0 Å². The molecule has 1 atom stereocenters. The molecule has 0 saturated carbocycles. The van der Waals surface area contributed by atoms with Crippen molar-refractivity contribution in [3.63, 3.8) is 0 Å². The van der Waals surface area contributed by atoms with Gasteiger partial charge in [-0.25, -0.2) is 4.79 Å². The number of hydrogen-bond donors (Lipinski definition) is 1. The number of β-lactam (4-membered cyclic amide) rings is 1. The minimum Gasteiger partial charge on any atom is -0.433 e. The van der Waals surface area contributed by atoms with Gasteiger partial charge < -0.3 is 14.8 Å². The lowest BCUT2D eigenvalue weighted by Gasteiger charge is -2.24. The molecule has 0 aromatic rings. The molecule has 1 amide bonds. The van der Waals surface area contributed by atoms with Crippen LogP contribution in [-0.4, -0.2) is 46.6 Å². The Balaban J connectivity index is 1.98. The summed E-state index contributed by atoms with van der Waals surface area (Å²) in [5.41, 5.74) is 0. The van der Waals surface area contributed by atoms with Gasteiger partial charge in [0, 0.05) is 12.3 Å². The lowest BCUT2D eigenvalue weighted by Crippen LogP contribution is -2.51. The molecule has 1 N–H and O–H groups in total. The first-order valence-corrected chi connectivity index (χ1v) is 6.82.